The molecule has 0 bridgehead atoms. The molecule has 2 aromatic rings. The van der Waals surface area contributed by atoms with Gasteiger partial charge >= 0.3 is 0 Å². The van der Waals surface area contributed by atoms with E-state index in [0.717, 1.165) is 12.1 Å². The molecule has 2 rings (SSSR count). The first-order valence-corrected chi connectivity index (χ1v) is 6.05. The minimum absolute atomic E-state index is 0.0422. The number of hydrazine groups is 1. The van der Waals surface area contributed by atoms with Gasteiger partial charge in [-0.3, -0.25) is 10.1 Å². The van der Waals surface area contributed by atoms with E-state index in [0.29, 0.717) is 4.47 Å². The Morgan fingerprint density at radius 1 is 1.40 bits per heavy atom. The molecule has 0 aliphatic rings. The summed E-state index contributed by atoms with van der Waals surface area (Å²) in [7, 11) is 0. The molecule has 0 aliphatic heterocycles. The van der Waals surface area contributed by atoms with Crippen molar-refractivity contribution in [1.29, 1.82) is 0 Å². The molecule has 0 saturated heterocycles. The number of hydrogen-bond acceptors (Lipinski definition) is 6. The van der Waals surface area contributed by atoms with Crippen molar-refractivity contribution < 1.29 is 14.1 Å². The molecule has 1 heterocycles. The first-order chi connectivity index (χ1) is 9.49. The zero-order chi connectivity index (χ0) is 14.7. The molecule has 9 heteroatoms. The van der Waals surface area contributed by atoms with Crippen LogP contribution in [0.1, 0.15) is 0 Å². The third-order valence-corrected chi connectivity index (χ3v) is 2.87. The maximum Gasteiger partial charge on any atom is 0.278 e. The van der Waals surface area contributed by atoms with E-state index < -0.39 is 10.7 Å². The molecule has 1 aromatic carbocycles. The highest BCUT2D eigenvalue weighted by molar-refractivity contribution is 9.10. The van der Waals surface area contributed by atoms with Crippen molar-refractivity contribution in [2.75, 3.05) is 5.43 Å². The fourth-order valence-corrected chi connectivity index (χ4v) is 1.83. The Hall–Kier alpha value is -2.26. The van der Waals surface area contributed by atoms with Crippen LogP contribution in [0, 0.1) is 15.9 Å². The average molecular weight is 343 g/mol. The Bertz CT molecular complexity index is 668. The Labute approximate surface area is 120 Å². The fraction of sp³-hybridized carbons (Fsp3) is 0. The van der Waals surface area contributed by atoms with Crippen LogP contribution in [0.4, 0.5) is 15.9 Å². The van der Waals surface area contributed by atoms with Crippen molar-refractivity contribution in [3.8, 4) is 11.6 Å². The van der Waals surface area contributed by atoms with E-state index in [2.05, 4.69) is 26.3 Å². The topological polar surface area (TPSA) is 103 Å². The molecular weight excluding hydrogens is 335 g/mol. The number of pyridine rings is 1. The maximum absolute atomic E-state index is 13.0. The quantitative estimate of drug-likeness (QED) is 0.503. The number of nitrogens with zero attached hydrogens (tertiary/aromatic N) is 2. The minimum Gasteiger partial charge on any atom is -0.438 e. The lowest BCUT2D eigenvalue weighted by atomic mass is 10.3. The normalized spacial score (nSPS) is 10.2. The summed E-state index contributed by atoms with van der Waals surface area (Å²) in [5.74, 6) is 5.04. The Morgan fingerprint density at radius 2 is 2.15 bits per heavy atom. The van der Waals surface area contributed by atoms with Gasteiger partial charge in [0.1, 0.15) is 11.6 Å². The lowest BCUT2D eigenvalue weighted by Crippen LogP contribution is -2.09. The molecule has 7 nitrogen and oxygen atoms in total. The SMILES string of the molecule is NNc1cc([N+](=O)[O-])cc(Oc2ccc(F)cc2Br)n1. The molecule has 0 saturated carbocycles. The van der Waals surface area contributed by atoms with Crippen molar-refractivity contribution in [3.05, 3.63) is 50.7 Å². The van der Waals surface area contributed by atoms with Gasteiger partial charge in [0, 0.05) is 0 Å². The van der Waals surface area contributed by atoms with Gasteiger partial charge in [0.25, 0.3) is 5.69 Å². The smallest absolute Gasteiger partial charge is 0.278 e. The van der Waals surface area contributed by atoms with Crippen molar-refractivity contribution in [3.63, 3.8) is 0 Å². The van der Waals surface area contributed by atoms with Gasteiger partial charge in [0.2, 0.25) is 5.88 Å². The molecule has 0 atom stereocenters. The van der Waals surface area contributed by atoms with E-state index in [-0.39, 0.29) is 23.1 Å². The molecule has 20 heavy (non-hydrogen) atoms. The minimum atomic E-state index is -0.602. The van der Waals surface area contributed by atoms with Crippen molar-refractivity contribution in [2.45, 2.75) is 0 Å². The standard InChI is InChI=1S/C11H8BrFN4O3/c12-8-3-6(13)1-2-9(8)20-11-5-7(17(18)19)4-10(15-11)16-14/h1-5H,14H2,(H,15,16). The van der Waals surface area contributed by atoms with E-state index >= 15 is 0 Å². The van der Waals surface area contributed by atoms with Gasteiger partial charge in [-0.05, 0) is 34.1 Å². The summed E-state index contributed by atoms with van der Waals surface area (Å²) in [5, 5.41) is 10.8. The third kappa shape index (κ3) is 3.19. The van der Waals surface area contributed by atoms with Crippen LogP contribution in [0.5, 0.6) is 11.6 Å². The zero-order valence-corrected chi connectivity index (χ0v) is 11.4. The second-order valence-electron chi connectivity index (χ2n) is 3.63. The number of nitrogens with one attached hydrogen (secondary N) is 1. The van der Waals surface area contributed by atoms with Gasteiger partial charge in [-0.1, -0.05) is 0 Å². The van der Waals surface area contributed by atoms with Gasteiger partial charge in [-0.25, -0.2) is 10.2 Å². The lowest BCUT2D eigenvalue weighted by molar-refractivity contribution is -0.384. The monoisotopic (exact) mass is 342 g/mol. The van der Waals surface area contributed by atoms with Crippen molar-refractivity contribution in [1.82, 2.24) is 4.98 Å². The molecule has 0 aliphatic carbocycles. The Balaban J connectivity index is 2.37. The van der Waals surface area contributed by atoms with Crippen LogP contribution in [-0.2, 0) is 0 Å². The number of nitro groups is 1. The van der Waals surface area contributed by atoms with Gasteiger partial charge in [-0.2, -0.15) is 4.98 Å². The highest BCUT2D eigenvalue weighted by Gasteiger charge is 2.13. The molecule has 3 N–H and O–H groups in total. The number of aromatic nitrogens is 1. The summed E-state index contributed by atoms with van der Waals surface area (Å²) >= 11 is 3.12. The molecule has 0 unspecified atom stereocenters. The summed E-state index contributed by atoms with van der Waals surface area (Å²) in [6.07, 6.45) is 0. The Morgan fingerprint density at radius 3 is 2.75 bits per heavy atom. The second-order valence-corrected chi connectivity index (χ2v) is 4.48. The lowest BCUT2D eigenvalue weighted by Gasteiger charge is -2.08. The van der Waals surface area contributed by atoms with Gasteiger partial charge in [0.05, 0.1) is 21.5 Å². The van der Waals surface area contributed by atoms with Gasteiger partial charge < -0.3 is 10.2 Å². The Kier molecular flexibility index (Phi) is 4.11. The predicted molar refractivity (Wildman–Crippen MR) is 72.9 cm³/mol. The number of nitrogen functional groups attached to an aromatic ring is 1. The largest absolute Gasteiger partial charge is 0.438 e. The molecule has 0 radical (unpaired) electrons. The van der Waals surface area contributed by atoms with Crippen LogP contribution in [-0.4, -0.2) is 9.91 Å². The van der Waals surface area contributed by atoms with Crippen LogP contribution in [0.15, 0.2) is 34.8 Å². The number of ether oxygens (including phenoxy) is 1. The van der Waals surface area contributed by atoms with Crippen molar-refractivity contribution >= 4 is 27.4 Å². The summed E-state index contributed by atoms with van der Waals surface area (Å²) in [5.41, 5.74) is 1.97. The molecule has 1 aromatic heterocycles. The third-order valence-electron chi connectivity index (χ3n) is 2.25. The van der Waals surface area contributed by atoms with E-state index in [1.54, 1.807) is 0 Å². The average Bonchev–Trinajstić information content (AvgIpc) is 2.41. The van der Waals surface area contributed by atoms with E-state index in [9.17, 15) is 14.5 Å². The number of benzene rings is 1. The summed E-state index contributed by atoms with van der Waals surface area (Å²) in [6.45, 7) is 0. The number of hydrogen-bond donors (Lipinski definition) is 2. The zero-order valence-electron chi connectivity index (χ0n) is 9.84. The highest BCUT2D eigenvalue weighted by atomic mass is 79.9. The van der Waals surface area contributed by atoms with E-state index in [4.69, 9.17) is 10.6 Å². The number of anilines is 1. The summed E-state index contributed by atoms with van der Waals surface area (Å²) < 4.78 is 18.7. The van der Waals surface area contributed by atoms with Gasteiger partial charge in [-0.15, -0.1) is 0 Å². The molecule has 0 fully saturated rings. The van der Waals surface area contributed by atoms with E-state index in [1.807, 2.05) is 0 Å². The van der Waals surface area contributed by atoms with Crippen LogP contribution < -0.4 is 16.0 Å². The van der Waals surface area contributed by atoms with E-state index in [1.165, 1.54) is 18.2 Å². The summed E-state index contributed by atoms with van der Waals surface area (Å²) in [4.78, 5) is 14.1. The molecule has 104 valence electrons. The number of nitrogens with two attached hydrogens (primary N) is 1. The van der Waals surface area contributed by atoms with Crippen LogP contribution in [0.3, 0.4) is 0 Å². The fourth-order valence-electron chi connectivity index (χ4n) is 1.39. The molecule has 0 amide bonds. The van der Waals surface area contributed by atoms with Crippen LogP contribution in [0.25, 0.3) is 0 Å². The maximum atomic E-state index is 13.0. The first kappa shape index (κ1) is 14.2. The molecule has 0 spiro atoms. The highest BCUT2D eigenvalue weighted by Crippen LogP contribution is 2.31. The van der Waals surface area contributed by atoms with Crippen LogP contribution in [0.2, 0.25) is 0 Å². The first-order valence-electron chi connectivity index (χ1n) is 5.25. The van der Waals surface area contributed by atoms with Gasteiger partial charge in [0.15, 0.2) is 5.82 Å². The number of rotatable bonds is 4. The van der Waals surface area contributed by atoms with Crippen LogP contribution >= 0.6 is 15.9 Å². The molecular formula is C11H8BrFN4O3. The van der Waals surface area contributed by atoms with Crippen molar-refractivity contribution in [2.24, 2.45) is 5.84 Å². The second kappa shape index (κ2) is 5.80. The number of halogens is 2. The summed E-state index contributed by atoms with van der Waals surface area (Å²) in [6, 6.07) is 6.06. The predicted octanol–water partition coefficient (Wildman–Crippen LogP) is 2.97.